The van der Waals surface area contributed by atoms with E-state index in [9.17, 15) is 4.79 Å². The highest BCUT2D eigenvalue weighted by atomic mass is 16.5. The van der Waals surface area contributed by atoms with Crippen molar-refractivity contribution >= 4 is 11.6 Å². The Kier molecular flexibility index (Phi) is 6.33. The minimum atomic E-state index is -0.592. The topological polar surface area (TPSA) is 47.6 Å². The van der Waals surface area contributed by atoms with Crippen molar-refractivity contribution in [2.45, 2.75) is 33.3 Å². The zero-order chi connectivity index (χ0) is 19.9. The smallest absolute Gasteiger partial charge is 0.265 e. The van der Waals surface area contributed by atoms with Gasteiger partial charge in [-0.2, -0.15) is 0 Å². The molecule has 28 heavy (non-hydrogen) atoms. The van der Waals surface area contributed by atoms with Crippen molar-refractivity contribution in [3.05, 3.63) is 83.9 Å². The zero-order valence-corrected chi connectivity index (χ0v) is 16.4. The summed E-state index contributed by atoms with van der Waals surface area (Å²) in [7, 11) is 0. The number of ether oxygens (including phenoxy) is 2. The van der Waals surface area contributed by atoms with Crippen LogP contribution >= 0.6 is 0 Å². The zero-order valence-electron chi connectivity index (χ0n) is 16.4. The van der Waals surface area contributed by atoms with Gasteiger partial charge in [0.1, 0.15) is 11.5 Å². The molecule has 0 unspecified atom stereocenters. The van der Waals surface area contributed by atoms with Crippen molar-refractivity contribution in [1.82, 2.24) is 0 Å². The third kappa shape index (κ3) is 4.71. The van der Waals surface area contributed by atoms with Gasteiger partial charge in [0, 0.05) is 0 Å². The van der Waals surface area contributed by atoms with Crippen molar-refractivity contribution in [3.63, 3.8) is 0 Å². The average Bonchev–Trinajstić information content (AvgIpc) is 2.71. The minimum absolute atomic E-state index is 0.201. The predicted octanol–water partition coefficient (Wildman–Crippen LogP) is 5.89. The Morgan fingerprint density at radius 2 is 1.57 bits per heavy atom. The molecule has 0 aliphatic rings. The predicted molar refractivity (Wildman–Crippen MR) is 112 cm³/mol. The summed E-state index contributed by atoms with van der Waals surface area (Å²) in [6.45, 7) is 5.96. The summed E-state index contributed by atoms with van der Waals surface area (Å²) < 4.78 is 11.9. The van der Waals surface area contributed by atoms with Gasteiger partial charge in [0.15, 0.2) is 11.9 Å². The fourth-order valence-corrected chi connectivity index (χ4v) is 2.81. The fourth-order valence-electron chi connectivity index (χ4n) is 2.81. The molecular formula is C24H25NO3. The lowest BCUT2D eigenvalue weighted by atomic mass is 10.1. The number of carbonyl (C=O) groups is 1. The van der Waals surface area contributed by atoms with Crippen LogP contribution in [-0.2, 0) is 4.79 Å². The number of amides is 1. The summed E-state index contributed by atoms with van der Waals surface area (Å²) in [5, 5.41) is 2.95. The van der Waals surface area contributed by atoms with Gasteiger partial charge < -0.3 is 14.8 Å². The molecule has 1 atom stereocenters. The second-order valence-corrected chi connectivity index (χ2v) is 6.61. The van der Waals surface area contributed by atoms with Gasteiger partial charge in [-0.05, 0) is 61.7 Å². The van der Waals surface area contributed by atoms with E-state index in [4.69, 9.17) is 9.47 Å². The van der Waals surface area contributed by atoms with Crippen LogP contribution in [0.4, 0.5) is 5.69 Å². The molecule has 0 aliphatic carbocycles. The average molecular weight is 375 g/mol. The Hall–Kier alpha value is -3.27. The highest BCUT2D eigenvalue weighted by Crippen LogP contribution is 2.30. The van der Waals surface area contributed by atoms with E-state index in [2.05, 4.69) is 5.32 Å². The molecule has 0 bridgehead atoms. The third-order valence-corrected chi connectivity index (χ3v) is 4.60. The maximum atomic E-state index is 12.9. The molecule has 0 saturated heterocycles. The standard InChI is InChI=1S/C24H25NO3/c1-4-21(28-22-16-10-11-17(2)18(22)3)24(26)25-20-14-8-9-15-23(20)27-19-12-6-5-7-13-19/h5-16,21H,4H2,1-3H3,(H,25,26)/t21-/m0/s1. The number of anilines is 1. The van der Waals surface area contributed by atoms with Gasteiger partial charge in [0.2, 0.25) is 0 Å². The first kappa shape index (κ1) is 19.5. The molecule has 0 aliphatic heterocycles. The molecular weight excluding hydrogens is 350 g/mol. The SMILES string of the molecule is CC[C@H](Oc1cccc(C)c1C)C(=O)Nc1ccccc1Oc1ccccc1. The maximum absolute atomic E-state index is 12.9. The van der Waals surface area contributed by atoms with Crippen LogP contribution in [0.25, 0.3) is 0 Å². The molecule has 4 heteroatoms. The lowest BCUT2D eigenvalue weighted by Gasteiger charge is -2.20. The number of nitrogens with one attached hydrogen (secondary N) is 1. The lowest BCUT2D eigenvalue weighted by Crippen LogP contribution is -2.32. The van der Waals surface area contributed by atoms with Gasteiger partial charge in [-0.25, -0.2) is 0 Å². The van der Waals surface area contributed by atoms with Gasteiger partial charge in [0.05, 0.1) is 5.69 Å². The summed E-state index contributed by atoms with van der Waals surface area (Å²) in [6.07, 6.45) is -0.0359. The van der Waals surface area contributed by atoms with Crippen molar-refractivity contribution in [2.24, 2.45) is 0 Å². The van der Waals surface area contributed by atoms with E-state index in [-0.39, 0.29) is 5.91 Å². The number of hydrogen-bond donors (Lipinski definition) is 1. The molecule has 4 nitrogen and oxygen atoms in total. The maximum Gasteiger partial charge on any atom is 0.265 e. The van der Waals surface area contributed by atoms with Crippen molar-refractivity contribution in [2.75, 3.05) is 5.32 Å². The molecule has 1 N–H and O–H groups in total. The lowest BCUT2D eigenvalue weighted by molar-refractivity contribution is -0.122. The molecule has 0 saturated carbocycles. The van der Waals surface area contributed by atoms with Crippen LogP contribution in [-0.4, -0.2) is 12.0 Å². The van der Waals surface area contributed by atoms with Crippen molar-refractivity contribution in [1.29, 1.82) is 0 Å². The van der Waals surface area contributed by atoms with Crippen molar-refractivity contribution < 1.29 is 14.3 Å². The second-order valence-electron chi connectivity index (χ2n) is 6.61. The number of benzene rings is 3. The summed E-state index contributed by atoms with van der Waals surface area (Å²) in [5.74, 6) is 1.83. The number of para-hydroxylation sites is 3. The van der Waals surface area contributed by atoms with Gasteiger partial charge in [-0.3, -0.25) is 4.79 Å². The molecule has 3 rings (SSSR count). The van der Waals surface area contributed by atoms with Gasteiger partial charge in [0.25, 0.3) is 5.91 Å². The van der Waals surface area contributed by atoms with Gasteiger partial charge in [-0.15, -0.1) is 0 Å². The monoisotopic (exact) mass is 375 g/mol. The van der Waals surface area contributed by atoms with Gasteiger partial charge in [-0.1, -0.05) is 49.4 Å². The molecule has 1 amide bonds. The van der Waals surface area contributed by atoms with Crippen molar-refractivity contribution in [3.8, 4) is 17.2 Å². The van der Waals surface area contributed by atoms with E-state index in [1.807, 2.05) is 93.6 Å². The quantitative estimate of drug-likeness (QED) is 0.560. The number of rotatable bonds is 7. The van der Waals surface area contributed by atoms with Crippen LogP contribution in [0, 0.1) is 13.8 Å². The summed E-state index contributed by atoms with van der Waals surface area (Å²) >= 11 is 0. The van der Waals surface area contributed by atoms with E-state index in [1.54, 1.807) is 0 Å². The first-order valence-corrected chi connectivity index (χ1v) is 9.44. The first-order chi connectivity index (χ1) is 13.6. The highest BCUT2D eigenvalue weighted by molar-refractivity contribution is 5.95. The molecule has 3 aromatic carbocycles. The molecule has 0 radical (unpaired) electrons. The Bertz CT molecular complexity index is 938. The van der Waals surface area contributed by atoms with Crippen LogP contribution in [0.5, 0.6) is 17.2 Å². The van der Waals surface area contributed by atoms with E-state index in [0.29, 0.717) is 23.6 Å². The van der Waals surface area contributed by atoms with E-state index in [0.717, 1.165) is 16.9 Å². The molecule has 0 heterocycles. The molecule has 0 aromatic heterocycles. The number of hydrogen-bond acceptors (Lipinski definition) is 3. The summed E-state index contributed by atoms with van der Waals surface area (Å²) in [5.41, 5.74) is 2.79. The minimum Gasteiger partial charge on any atom is -0.480 e. The van der Waals surface area contributed by atoms with E-state index in [1.165, 1.54) is 0 Å². The number of aryl methyl sites for hydroxylation is 1. The van der Waals surface area contributed by atoms with Crippen LogP contribution in [0.3, 0.4) is 0 Å². The first-order valence-electron chi connectivity index (χ1n) is 9.44. The normalized spacial score (nSPS) is 11.5. The Morgan fingerprint density at radius 3 is 2.32 bits per heavy atom. The summed E-state index contributed by atoms with van der Waals surface area (Å²) in [4.78, 5) is 12.9. The van der Waals surface area contributed by atoms with Crippen LogP contribution in [0.1, 0.15) is 24.5 Å². The van der Waals surface area contributed by atoms with E-state index < -0.39 is 6.10 Å². The van der Waals surface area contributed by atoms with Gasteiger partial charge >= 0.3 is 0 Å². The molecule has 144 valence electrons. The second kappa shape index (κ2) is 9.09. The highest BCUT2D eigenvalue weighted by Gasteiger charge is 2.21. The summed E-state index contributed by atoms with van der Waals surface area (Å²) in [6, 6.07) is 22.7. The largest absolute Gasteiger partial charge is 0.480 e. The molecule has 0 spiro atoms. The van der Waals surface area contributed by atoms with E-state index >= 15 is 0 Å². The number of carbonyl (C=O) groups excluding carboxylic acids is 1. The Balaban J connectivity index is 1.75. The Labute approximate surface area is 166 Å². The molecule has 3 aromatic rings. The van der Waals surface area contributed by atoms with Crippen LogP contribution in [0.15, 0.2) is 72.8 Å². The van der Waals surface area contributed by atoms with Crippen LogP contribution < -0.4 is 14.8 Å². The third-order valence-electron chi connectivity index (χ3n) is 4.60. The fraction of sp³-hybridized carbons (Fsp3) is 0.208. The van der Waals surface area contributed by atoms with Crippen LogP contribution in [0.2, 0.25) is 0 Å². The molecule has 0 fully saturated rings. The Morgan fingerprint density at radius 1 is 0.893 bits per heavy atom.